The van der Waals surface area contributed by atoms with Gasteiger partial charge in [-0.25, -0.2) is 0 Å². The molecule has 14 heavy (non-hydrogen) atoms. The molecule has 0 aromatic rings. The summed E-state index contributed by atoms with van der Waals surface area (Å²) in [6.45, 7) is 9.40. The molecule has 1 fully saturated rings. The fraction of sp³-hybridized carbons (Fsp3) is 1.00. The predicted molar refractivity (Wildman–Crippen MR) is 59.3 cm³/mol. The van der Waals surface area contributed by atoms with Gasteiger partial charge in [0.05, 0.1) is 6.10 Å². The lowest BCUT2D eigenvalue weighted by atomic mass is 9.81. The van der Waals surface area contributed by atoms with Crippen molar-refractivity contribution in [2.75, 3.05) is 19.6 Å². The van der Waals surface area contributed by atoms with E-state index in [1.807, 2.05) is 6.92 Å². The summed E-state index contributed by atoms with van der Waals surface area (Å²) < 4.78 is 0. The summed E-state index contributed by atoms with van der Waals surface area (Å²) in [6.07, 6.45) is 0.925. The van der Waals surface area contributed by atoms with Crippen LogP contribution in [0.1, 0.15) is 27.2 Å². The van der Waals surface area contributed by atoms with Gasteiger partial charge in [0.1, 0.15) is 0 Å². The summed E-state index contributed by atoms with van der Waals surface area (Å²) in [7, 11) is 0. The second-order valence-corrected chi connectivity index (χ2v) is 4.44. The molecule has 0 aromatic carbocycles. The molecule has 0 aliphatic carbocycles. The molecular formula is C11H24N2O. The van der Waals surface area contributed by atoms with Crippen LogP contribution in [0, 0.1) is 11.8 Å². The van der Waals surface area contributed by atoms with Gasteiger partial charge < -0.3 is 15.7 Å². The standard InChI is InChI=1S/C11H24N2O/c1-4-10(8(2)9(3)14)11-7-12-5-6-13-11/h8-14H,4-7H2,1-3H3. The Labute approximate surface area is 87.3 Å². The lowest BCUT2D eigenvalue weighted by Crippen LogP contribution is -2.53. The first kappa shape index (κ1) is 12.0. The third-order valence-corrected chi connectivity index (χ3v) is 3.50. The Balaban J connectivity index is 2.50. The van der Waals surface area contributed by atoms with Crippen molar-refractivity contribution in [1.82, 2.24) is 10.6 Å². The average molecular weight is 200 g/mol. The van der Waals surface area contributed by atoms with E-state index in [-0.39, 0.29) is 6.10 Å². The summed E-state index contributed by atoms with van der Waals surface area (Å²) in [5.74, 6) is 0.945. The van der Waals surface area contributed by atoms with Gasteiger partial charge in [0, 0.05) is 25.7 Å². The van der Waals surface area contributed by atoms with Crippen LogP contribution in [0.15, 0.2) is 0 Å². The minimum atomic E-state index is -0.205. The van der Waals surface area contributed by atoms with Crippen LogP contribution in [0.2, 0.25) is 0 Å². The van der Waals surface area contributed by atoms with Crippen LogP contribution in [-0.2, 0) is 0 Å². The van der Waals surface area contributed by atoms with E-state index < -0.39 is 0 Å². The molecule has 0 amide bonds. The molecule has 0 aromatic heterocycles. The Hall–Kier alpha value is -0.120. The van der Waals surface area contributed by atoms with Crippen LogP contribution in [-0.4, -0.2) is 36.9 Å². The topological polar surface area (TPSA) is 44.3 Å². The van der Waals surface area contributed by atoms with Crippen molar-refractivity contribution in [3.8, 4) is 0 Å². The van der Waals surface area contributed by atoms with E-state index >= 15 is 0 Å². The van der Waals surface area contributed by atoms with E-state index in [1.54, 1.807) is 0 Å². The Morgan fingerprint density at radius 2 is 2.07 bits per heavy atom. The molecule has 4 atom stereocenters. The quantitative estimate of drug-likeness (QED) is 0.622. The number of hydrogen-bond donors (Lipinski definition) is 3. The smallest absolute Gasteiger partial charge is 0.0540 e. The van der Waals surface area contributed by atoms with Crippen LogP contribution in [0.5, 0.6) is 0 Å². The van der Waals surface area contributed by atoms with Crippen LogP contribution in [0.4, 0.5) is 0 Å². The van der Waals surface area contributed by atoms with Crippen LogP contribution < -0.4 is 10.6 Å². The number of aliphatic hydroxyl groups is 1. The molecule has 1 heterocycles. The zero-order valence-electron chi connectivity index (χ0n) is 9.59. The molecule has 3 N–H and O–H groups in total. The SMILES string of the molecule is CCC(C1CNCCN1)C(C)C(C)O. The second kappa shape index (κ2) is 5.69. The third-order valence-electron chi connectivity index (χ3n) is 3.50. The molecule has 0 saturated carbocycles. The van der Waals surface area contributed by atoms with Crippen molar-refractivity contribution in [2.45, 2.75) is 39.3 Å². The molecule has 84 valence electrons. The van der Waals surface area contributed by atoms with E-state index in [0.29, 0.717) is 17.9 Å². The summed E-state index contributed by atoms with van der Waals surface area (Å²) in [5.41, 5.74) is 0. The van der Waals surface area contributed by atoms with Crippen LogP contribution in [0.25, 0.3) is 0 Å². The molecule has 3 heteroatoms. The maximum atomic E-state index is 9.60. The number of hydrogen-bond acceptors (Lipinski definition) is 3. The fourth-order valence-corrected chi connectivity index (χ4v) is 2.36. The van der Waals surface area contributed by atoms with Gasteiger partial charge in [-0.1, -0.05) is 20.3 Å². The zero-order chi connectivity index (χ0) is 10.6. The van der Waals surface area contributed by atoms with Crippen molar-refractivity contribution in [3.63, 3.8) is 0 Å². The Bertz CT molecular complexity index is 155. The number of piperazine rings is 1. The van der Waals surface area contributed by atoms with Crippen LogP contribution >= 0.6 is 0 Å². The minimum Gasteiger partial charge on any atom is -0.393 e. The van der Waals surface area contributed by atoms with Gasteiger partial charge in [0.2, 0.25) is 0 Å². The van der Waals surface area contributed by atoms with Gasteiger partial charge in [-0.15, -0.1) is 0 Å². The van der Waals surface area contributed by atoms with Gasteiger partial charge in [-0.3, -0.25) is 0 Å². The van der Waals surface area contributed by atoms with Gasteiger partial charge in [-0.05, 0) is 18.8 Å². The first-order valence-corrected chi connectivity index (χ1v) is 5.79. The van der Waals surface area contributed by atoms with E-state index in [0.717, 1.165) is 26.1 Å². The first-order chi connectivity index (χ1) is 6.66. The van der Waals surface area contributed by atoms with Crippen molar-refractivity contribution < 1.29 is 5.11 Å². The fourth-order valence-electron chi connectivity index (χ4n) is 2.36. The highest BCUT2D eigenvalue weighted by Gasteiger charge is 2.28. The largest absolute Gasteiger partial charge is 0.393 e. The molecule has 1 aliphatic rings. The van der Waals surface area contributed by atoms with Gasteiger partial charge >= 0.3 is 0 Å². The highest BCUT2D eigenvalue weighted by molar-refractivity contribution is 4.85. The predicted octanol–water partition coefficient (Wildman–Crippen LogP) is 0.591. The maximum absolute atomic E-state index is 9.60. The van der Waals surface area contributed by atoms with Crippen molar-refractivity contribution in [2.24, 2.45) is 11.8 Å². The van der Waals surface area contributed by atoms with Gasteiger partial charge in [0.25, 0.3) is 0 Å². The van der Waals surface area contributed by atoms with E-state index in [1.165, 1.54) is 0 Å². The molecule has 0 bridgehead atoms. The van der Waals surface area contributed by atoms with Crippen LogP contribution in [0.3, 0.4) is 0 Å². The molecule has 3 nitrogen and oxygen atoms in total. The molecule has 1 saturated heterocycles. The monoisotopic (exact) mass is 200 g/mol. The van der Waals surface area contributed by atoms with E-state index in [2.05, 4.69) is 24.5 Å². The number of aliphatic hydroxyl groups excluding tert-OH is 1. The Morgan fingerprint density at radius 1 is 1.36 bits per heavy atom. The first-order valence-electron chi connectivity index (χ1n) is 5.79. The van der Waals surface area contributed by atoms with Gasteiger partial charge in [0.15, 0.2) is 0 Å². The lowest BCUT2D eigenvalue weighted by Gasteiger charge is -2.36. The highest BCUT2D eigenvalue weighted by Crippen LogP contribution is 2.23. The number of nitrogens with one attached hydrogen (secondary N) is 2. The lowest BCUT2D eigenvalue weighted by molar-refractivity contribution is 0.0779. The van der Waals surface area contributed by atoms with E-state index in [4.69, 9.17) is 0 Å². The summed E-state index contributed by atoms with van der Waals surface area (Å²) in [6, 6.07) is 0.526. The summed E-state index contributed by atoms with van der Waals surface area (Å²) >= 11 is 0. The molecule has 0 spiro atoms. The average Bonchev–Trinajstić information content (AvgIpc) is 2.20. The summed E-state index contributed by atoms with van der Waals surface area (Å²) in [5, 5.41) is 16.5. The zero-order valence-corrected chi connectivity index (χ0v) is 9.59. The maximum Gasteiger partial charge on any atom is 0.0540 e. The third kappa shape index (κ3) is 2.94. The molecule has 0 radical (unpaired) electrons. The minimum absolute atomic E-state index is 0.205. The second-order valence-electron chi connectivity index (χ2n) is 4.44. The van der Waals surface area contributed by atoms with Gasteiger partial charge in [-0.2, -0.15) is 0 Å². The molecular weight excluding hydrogens is 176 g/mol. The molecule has 4 unspecified atom stereocenters. The van der Waals surface area contributed by atoms with Crippen molar-refractivity contribution in [1.29, 1.82) is 0 Å². The number of rotatable bonds is 4. The molecule has 1 rings (SSSR count). The Kier molecular flexibility index (Phi) is 4.85. The van der Waals surface area contributed by atoms with E-state index in [9.17, 15) is 5.11 Å². The highest BCUT2D eigenvalue weighted by atomic mass is 16.3. The Morgan fingerprint density at radius 3 is 2.50 bits per heavy atom. The normalized spacial score (nSPS) is 29.6. The molecule has 1 aliphatic heterocycles. The summed E-state index contributed by atoms with van der Waals surface area (Å²) in [4.78, 5) is 0. The van der Waals surface area contributed by atoms with Crippen molar-refractivity contribution in [3.05, 3.63) is 0 Å². The van der Waals surface area contributed by atoms with Crippen molar-refractivity contribution >= 4 is 0 Å².